The van der Waals surface area contributed by atoms with E-state index in [1.807, 2.05) is 24.3 Å². The lowest BCUT2D eigenvalue weighted by Gasteiger charge is -2.08. The summed E-state index contributed by atoms with van der Waals surface area (Å²) in [5.74, 6) is -0.112. The molecule has 0 spiro atoms. The van der Waals surface area contributed by atoms with Crippen molar-refractivity contribution in [1.82, 2.24) is 5.32 Å². The minimum absolute atomic E-state index is 0.112. The van der Waals surface area contributed by atoms with Crippen molar-refractivity contribution in [3.05, 3.63) is 64.7 Å². The van der Waals surface area contributed by atoms with Crippen LogP contribution in [0.3, 0.4) is 0 Å². The van der Waals surface area contributed by atoms with Crippen LogP contribution in [0.25, 0.3) is 0 Å². The number of benzene rings is 2. The summed E-state index contributed by atoms with van der Waals surface area (Å²) >= 11 is 5.88. The molecule has 0 aliphatic heterocycles. The predicted octanol–water partition coefficient (Wildman–Crippen LogP) is 2.94. The SMILES string of the molecule is N#Cc1ccc(NCC(=O)NCc2cccc(Cl)c2)cc1. The van der Waals surface area contributed by atoms with E-state index in [1.54, 1.807) is 30.3 Å². The summed E-state index contributed by atoms with van der Waals surface area (Å²) in [7, 11) is 0. The van der Waals surface area contributed by atoms with E-state index >= 15 is 0 Å². The minimum atomic E-state index is -0.112. The first-order valence-corrected chi connectivity index (χ1v) is 6.80. The molecule has 0 aromatic heterocycles. The van der Waals surface area contributed by atoms with Crippen LogP contribution in [0.4, 0.5) is 5.69 Å². The molecule has 0 bridgehead atoms. The molecule has 0 aliphatic carbocycles. The van der Waals surface area contributed by atoms with Crippen LogP contribution in [0.1, 0.15) is 11.1 Å². The number of hydrogen-bond donors (Lipinski definition) is 2. The van der Waals surface area contributed by atoms with Crippen LogP contribution in [-0.2, 0) is 11.3 Å². The Morgan fingerprint density at radius 1 is 1.19 bits per heavy atom. The maximum atomic E-state index is 11.7. The third kappa shape index (κ3) is 4.83. The third-order valence-corrected chi connectivity index (χ3v) is 3.08. The molecule has 0 atom stereocenters. The van der Waals surface area contributed by atoms with E-state index in [4.69, 9.17) is 16.9 Å². The third-order valence-electron chi connectivity index (χ3n) is 2.85. The van der Waals surface area contributed by atoms with Gasteiger partial charge in [0.25, 0.3) is 0 Å². The van der Waals surface area contributed by atoms with Crippen LogP contribution in [0.5, 0.6) is 0 Å². The Morgan fingerprint density at radius 3 is 2.62 bits per heavy atom. The Morgan fingerprint density at radius 2 is 1.95 bits per heavy atom. The number of halogens is 1. The number of rotatable bonds is 5. The molecular formula is C16H14ClN3O. The van der Waals surface area contributed by atoms with E-state index in [1.165, 1.54) is 0 Å². The average molecular weight is 300 g/mol. The van der Waals surface area contributed by atoms with Gasteiger partial charge in [0.1, 0.15) is 0 Å². The van der Waals surface area contributed by atoms with E-state index < -0.39 is 0 Å². The number of nitrogens with one attached hydrogen (secondary N) is 2. The molecule has 2 aromatic rings. The van der Waals surface area contributed by atoms with Crippen molar-refractivity contribution >= 4 is 23.2 Å². The van der Waals surface area contributed by atoms with Crippen LogP contribution in [-0.4, -0.2) is 12.5 Å². The molecule has 106 valence electrons. The quantitative estimate of drug-likeness (QED) is 0.892. The molecule has 21 heavy (non-hydrogen) atoms. The summed E-state index contributed by atoms with van der Waals surface area (Å²) in [5, 5.41) is 15.2. The maximum Gasteiger partial charge on any atom is 0.239 e. The summed E-state index contributed by atoms with van der Waals surface area (Å²) in [6.07, 6.45) is 0. The summed E-state index contributed by atoms with van der Waals surface area (Å²) in [6, 6.07) is 16.3. The van der Waals surface area contributed by atoms with Crippen LogP contribution in [0.15, 0.2) is 48.5 Å². The number of nitriles is 1. The second-order valence-electron chi connectivity index (χ2n) is 4.45. The molecule has 0 heterocycles. The Bertz CT molecular complexity index is 662. The molecule has 4 nitrogen and oxygen atoms in total. The van der Waals surface area contributed by atoms with Gasteiger partial charge in [0.15, 0.2) is 0 Å². The van der Waals surface area contributed by atoms with Crippen LogP contribution >= 0.6 is 11.6 Å². The molecule has 5 heteroatoms. The molecule has 2 N–H and O–H groups in total. The zero-order chi connectivity index (χ0) is 15.1. The number of nitrogens with zero attached hydrogens (tertiary/aromatic N) is 1. The van der Waals surface area contributed by atoms with Gasteiger partial charge in [-0.05, 0) is 42.0 Å². The zero-order valence-corrected chi connectivity index (χ0v) is 12.0. The van der Waals surface area contributed by atoms with Gasteiger partial charge in [-0.15, -0.1) is 0 Å². The number of hydrogen-bond acceptors (Lipinski definition) is 3. The first-order chi connectivity index (χ1) is 10.2. The molecule has 1 amide bonds. The van der Waals surface area contributed by atoms with Gasteiger partial charge in [-0.3, -0.25) is 4.79 Å². The molecule has 0 aliphatic rings. The standard InChI is InChI=1S/C16H14ClN3O/c17-14-3-1-2-13(8-14)10-20-16(21)11-19-15-6-4-12(9-18)5-7-15/h1-8,19H,10-11H2,(H,20,21). The van der Waals surface area contributed by atoms with Crippen molar-refractivity contribution in [3.8, 4) is 6.07 Å². The Hall–Kier alpha value is -2.51. The molecule has 0 fully saturated rings. The van der Waals surface area contributed by atoms with Gasteiger partial charge in [0.05, 0.1) is 18.2 Å². The highest BCUT2D eigenvalue weighted by molar-refractivity contribution is 6.30. The zero-order valence-electron chi connectivity index (χ0n) is 11.3. The fraction of sp³-hybridized carbons (Fsp3) is 0.125. The van der Waals surface area contributed by atoms with Crippen molar-refractivity contribution in [2.75, 3.05) is 11.9 Å². The Labute approximate surface area is 128 Å². The largest absolute Gasteiger partial charge is 0.376 e. The number of carbonyl (C=O) groups excluding carboxylic acids is 1. The van der Waals surface area contributed by atoms with Gasteiger partial charge in [0.2, 0.25) is 5.91 Å². The fourth-order valence-electron chi connectivity index (χ4n) is 1.76. The highest BCUT2D eigenvalue weighted by atomic mass is 35.5. The van der Waals surface area contributed by atoms with E-state index in [0.29, 0.717) is 17.1 Å². The normalized spacial score (nSPS) is 9.71. The van der Waals surface area contributed by atoms with Crippen molar-refractivity contribution in [2.45, 2.75) is 6.54 Å². The van der Waals surface area contributed by atoms with Crippen molar-refractivity contribution in [3.63, 3.8) is 0 Å². The van der Waals surface area contributed by atoms with Gasteiger partial charge in [-0.2, -0.15) is 5.26 Å². The molecule has 2 rings (SSSR count). The van der Waals surface area contributed by atoms with Crippen molar-refractivity contribution in [1.29, 1.82) is 5.26 Å². The Kier molecular flexibility index (Phi) is 5.19. The number of amides is 1. The molecule has 0 radical (unpaired) electrons. The first-order valence-electron chi connectivity index (χ1n) is 6.42. The first kappa shape index (κ1) is 14.9. The second kappa shape index (κ2) is 7.32. The van der Waals surface area contributed by atoms with E-state index in [-0.39, 0.29) is 12.5 Å². The van der Waals surface area contributed by atoms with E-state index in [9.17, 15) is 4.79 Å². The van der Waals surface area contributed by atoms with Gasteiger partial charge in [-0.1, -0.05) is 23.7 Å². The lowest BCUT2D eigenvalue weighted by Crippen LogP contribution is -2.29. The lowest BCUT2D eigenvalue weighted by molar-refractivity contribution is -0.119. The molecule has 0 saturated heterocycles. The lowest BCUT2D eigenvalue weighted by atomic mass is 10.2. The van der Waals surface area contributed by atoms with Crippen LogP contribution in [0.2, 0.25) is 5.02 Å². The van der Waals surface area contributed by atoms with Crippen molar-refractivity contribution < 1.29 is 4.79 Å². The molecular weight excluding hydrogens is 286 g/mol. The fourth-order valence-corrected chi connectivity index (χ4v) is 1.97. The van der Waals surface area contributed by atoms with Gasteiger partial charge in [-0.25, -0.2) is 0 Å². The van der Waals surface area contributed by atoms with Gasteiger partial charge < -0.3 is 10.6 Å². The highest BCUT2D eigenvalue weighted by Gasteiger charge is 2.02. The van der Waals surface area contributed by atoms with Crippen LogP contribution < -0.4 is 10.6 Å². The van der Waals surface area contributed by atoms with E-state index in [0.717, 1.165) is 11.3 Å². The summed E-state index contributed by atoms with van der Waals surface area (Å²) in [6.45, 7) is 0.612. The number of anilines is 1. The molecule has 2 aromatic carbocycles. The summed E-state index contributed by atoms with van der Waals surface area (Å²) in [5.41, 5.74) is 2.34. The smallest absolute Gasteiger partial charge is 0.239 e. The minimum Gasteiger partial charge on any atom is -0.376 e. The summed E-state index contributed by atoms with van der Waals surface area (Å²) in [4.78, 5) is 11.7. The predicted molar refractivity (Wildman–Crippen MR) is 82.9 cm³/mol. The molecule has 0 unspecified atom stereocenters. The van der Waals surface area contributed by atoms with Crippen molar-refractivity contribution in [2.24, 2.45) is 0 Å². The second-order valence-corrected chi connectivity index (χ2v) is 4.89. The Balaban J connectivity index is 1.78. The number of carbonyl (C=O) groups is 1. The van der Waals surface area contributed by atoms with Crippen LogP contribution in [0, 0.1) is 11.3 Å². The average Bonchev–Trinajstić information content (AvgIpc) is 2.51. The molecule has 0 saturated carbocycles. The summed E-state index contributed by atoms with van der Waals surface area (Å²) < 4.78 is 0. The monoisotopic (exact) mass is 299 g/mol. The van der Waals surface area contributed by atoms with Gasteiger partial charge in [0, 0.05) is 17.3 Å². The topological polar surface area (TPSA) is 64.9 Å². The van der Waals surface area contributed by atoms with E-state index in [2.05, 4.69) is 10.6 Å². The van der Waals surface area contributed by atoms with Gasteiger partial charge >= 0.3 is 0 Å². The highest BCUT2D eigenvalue weighted by Crippen LogP contribution is 2.10. The maximum absolute atomic E-state index is 11.7.